The topological polar surface area (TPSA) is 95.5 Å². The number of hydrogen-bond donors (Lipinski definition) is 0. The van der Waals surface area contributed by atoms with Crippen LogP contribution in [0.2, 0.25) is 0 Å². The molecule has 2 rings (SSSR count). The van der Waals surface area contributed by atoms with E-state index in [1.807, 2.05) is 59.7 Å². The largest absolute Gasteiger partial charge is 0.449 e. The van der Waals surface area contributed by atoms with Crippen molar-refractivity contribution in [3.8, 4) is 11.5 Å². The first kappa shape index (κ1) is 20.4. The van der Waals surface area contributed by atoms with Crippen molar-refractivity contribution < 1.29 is 14.6 Å². The molecule has 27 heavy (non-hydrogen) atoms. The Morgan fingerprint density at radius 1 is 0.815 bits per heavy atom. The average molecular weight is 372 g/mol. The molecular formula is C20H24N2O5. The van der Waals surface area contributed by atoms with Gasteiger partial charge >= 0.3 is 5.69 Å². The SMILES string of the molecule is CC(C)(C)c1cccc(C(C)(C)C)c1Oc1ccc([N+](=O)[O-])cc1[N+](=O)[O-]. The second kappa shape index (κ2) is 6.98. The summed E-state index contributed by atoms with van der Waals surface area (Å²) in [7, 11) is 0. The van der Waals surface area contributed by atoms with E-state index in [2.05, 4.69) is 0 Å². The monoisotopic (exact) mass is 372 g/mol. The Hall–Kier alpha value is -2.96. The van der Waals surface area contributed by atoms with Crippen LogP contribution >= 0.6 is 0 Å². The fraction of sp³-hybridized carbons (Fsp3) is 0.400. The number of para-hydroxylation sites is 1. The maximum Gasteiger partial charge on any atom is 0.318 e. The third kappa shape index (κ3) is 4.42. The third-order valence-electron chi connectivity index (χ3n) is 4.19. The number of nitrogens with zero attached hydrogens (tertiary/aromatic N) is 2. The van der Waals surface area contributed by atoms with Crippen molar-refractivity contribution in [2.75, 3.05) is 0 Å². The first-order valence-corrected chi connectivity index (χ1v) is 8.57. The fourth-order valence-corrected chi connectivity index (χ4v) is 2.79. The normalized spacial score (nSPS) is 11.9. The maximum absolute atomic E-state index is 11.5. The van der Waals surface area contributed by atoms with Crippen molar-refractivity contribution in [1.29, 1.82) is 0 Å². The molecule has 0 aliphatic heterocycles. The van der Waals surface area contributed by atoms with E-state index in [-0.39, 0.29) is 22.3 Å². The van der Waals surface area contributed by atoms with Crippen LogP contribution < -0.4 is 4.74 Å². The van der Waals surface area contributed by atoms with Crippen LogP contribution in [0.1, 0.15) is 52.7 Å². The molecule has 2 aromatic rings. The van der Waals surface area contributed by atoms with Gasteiger partial charge in [0.2, 0.25) is 5.75 Å². The molecule has 0 aromatic heterocycles. The maximum atomic E-state index is 11.5. The van der Waals surface area contributed by atoms with Gasteiger partial charge < -0.3 is 4.74 Å². The van der Waals surface area contributed by atoms with Gasteiger partial charge in [-0.1, -0.05) is 59.7 Å². The predicted molar refractivity (Wildman–Crippen MR) is 104 cm³/mol. The number of rotatable bonds is 4. The number of ether oxygens (including phenoxy) is 1. The Labute approximate surface area is 158 Å². The third-order valence-corrected chi connectivity index (χ3v) is 4.19. The lowest BCUT2D eigenvalue weighted by molar-refractivity contribution is -0.394. The lowest BCUT2D eigenvalue weighted by Crippen LogP contribution is -2.18. The summed E-state index contributed by atoms with van der Waals surface area (Å²) >= 11 is 0. The molecular weight excluding hydrogens is 348 g/mol. The Balaban J connectivity index is 2.70. The van der Waals surface area contributed by atoms with E-state index in [0.29, 0.717) is 5.75 Å². The summed E-state index contributed by atoms with van der Waals surface area (Å²) in [5.74, 6) is 0.530. The minimum Gasteiger partial charge on any atom is -0.449 e. The van der Waals surface area contributed by atoms with E-state index < -0.39 is 15.5 Å². The number of nitro benzene ring substituents is 2. The molecule has 0 atom stereocenters. The van der Waals surface area contributed by atoms with Gasteiger partial charge in [0.1, 0.15) is 5.75 Å². The van der Waals surface area contributed by atoms with Gasteiger partial charge in [-0.15, -0.1) is 0 Å². The Morgan fingerprint density at radius 3 is 1.74 bits per heavy atom. The summed E-state index contributed by atoms with van der Waals surface area (Å²) in [6.45, 7) is 12.2. The van der Waals surface area contributed by atoms with Gasteiger partial charge in [0.25, 0.3) is 5.69 Å². The zero-order chi connectivity index (χ0) is 20.6. The van der Waals surface area contributed by atoms with Gasteiger partial charge in [-0.2, -0.15) is 0 Å². The second-order valence-electron chi connectivity index (χ2n) is 8.45. The molecule has 0 unspecified atom stereocenters. The highest BCUT2D eigenvalue weighted by Crippen LogP contribution is 2.44. The van der Waals surface area contributed by atoms with Crippen molar-refractivity contribution in [3.63, 3.8) is 0 Å². The van der Waals surface area contributed by atoms with Crippen molar-refractivity contribution in [2.45, 2.75) is 52.4 Å². The van der Waals surface area contributed by atoms with Crippen LogP contribution in [0.15, 0.2) is 36.4 Å². The molecule has 7 heteroatoms. The molecule has 0 heterocycles. The van der Waals surface area contributed by atoms with Crippen LogP contribution in [0, 0.1) is 20.2 Å². The molecule has 0 aliphatic carbocycles. The molecule has 0 N–H and O–H groups in total. The molecule has 144 valence electrons. The van der Waals surface area contributed by atoms with Crippen LogP contribution in [0.4, 0.5) is 11.4 Å². The highest BCUT2D eigenvalue weighted by atomic mass is 16.6. The average Bonchev–Trinajstić information content (AvgIpc) is 2.52. The van der Waals surface area contributed by atoms with E-state index in [1.165, 1.54) is 12.1 Å². The van der Waals surface area contributed by atoms with Gasteiger partial charge in [0.05, 0.1) is 15.9 Å². The predicted octanol–water partition coefficient (Wildman–Crippen LogP) is 5.89. The fourth-order valence-electron chi connectivity index (χ4n) is 2.79. The van der Waals surface area contributed by atoms with Gasteiger partial charge in [-0.25, -0.2) is 0 Å². The van der Waals surface area contributed by atoms with Crippen molar-refractivity contribution in [2.24, 2.45) is 0 Å². The van der Waals surface area contributed by atoms with Gasteiger partial charge in [0.15, 0.2) is 0 Å². The summed E-state index contributed by atoms with van der Waals surface area (Å²) in [5, 5.41) is 22.4. The van der Waals surface area contributed by atoms with Crippen molar-refractivity contribution in [3.05, 3.63) is 67.8 Å². The molecule has 7 nitrogen and oxygen atoms in total. The highest BCUT2D eigenvalue weighted by Gasteiger charge is 2.29. The second-order valence-corrected chi connectivity index (χ2v) is 8.45. The van der Waals surface area contributed by atoms with Crippen molar-refractivity contribution >= 4 is 11.4 Å². The van der Waals surface area contributed by atoms with Crippen LogP contribution in [-0.2, 0) is 10.8 Å². The molecule has 0 aliphatic rings. The standard InChI is InChI=1S/C20H24N2O5/c1-19(2,3)14-8-7-9-15(20(4,5)6)18(14)27-17-11-10-13(21(23)24)12-16(17)22(25)26/h7-12H,1-6H3. The van der Waals surface area contributed by atoms with Crippen molar-refractivity contribution in [1.82, 2.24) is 0 Å². The number of nitro groups is 2. The van der Waals surface area contributed by atoms with E-state index >= 15 is 0 Å². The lowest BCUT2D eigenvalue weighted by atomic mass is 9.79. The van der Waals surface area contributed by atoms with Gasteiger partial charge in [-0.05, 0) is 16.9 Å². The minimum absolute atomic E-state index is 0.0206. The van der Waals surface area contributed by atoms with Crippen LogP contribution in [-0.4, -0.2) is 9.85 Å². The summed E-state index contributed by atoms with van der Waals surface area (Å²) in [5.41, 5.74) is 0.505. The van der Waals surface area contributed by atoms with E-state index in [1.54, 1.807) is 0 Å². The number of non-ortho nitro benzene ring substituents is 1. The molecule has 0 spiro atoms. The quantitative estimate of drug-likeness (QED) is 0.492. The molecule has 0 radical (unpaired) electrons. The summed E-state index contributed by atoms with van der Waals surface area (Å²) < 4.78 is 6.06. The van der Waals surface area contributed by atoms with Gasteiger partial charge in [-0.3, -0.25) is 20.2 Å². The van der Waals surface area contributed by atoms with Crippen LogP contribution in [0.25, 0.3) is 0 Å². The molecule has 0 saturated carbocycles. The first-order valence-electron chi connectivity index (χ1n) is 8.57. The first-order chi connectivity index (χ1) is 12.3. The summed E-state index contributed by atoms with van der Waals surface area (Å²) in [6.07, 6.45) is 0. The highest BCUT2D eigenvalue weighted by molar-refractivity contribution is 5.57. The van der Waals surface area contributed by atoms with Crippen LogP contribution in [0.5, 0.6) is 11.5 Å². The van der Waals surface area contributed by atoms with Gasteiger partial charge in [0, 0.05) is 17.2 Å². The Morgan fingerprint density at radius 2 is 1.33 bits per heavy atom. The lowest BCUT2D eigenvalue weighted by Gasteiger charge is -2.29. The van der Waals surface area contributed by atoms with E-state index in [0.717, 1.165) is 17.2 Å². The molecule has 0 bridgehead atoms. The van der Waals surface area contributed by atoms with E-state index in [4.69, 9.17) is 4.74 Å². The smallest absolute Gasteiger partial charge is 0.318 e. The molecule has 0 amide bonds. The number of hydrogen-bond acceptors (Lipinski definition) is 5. The van der Waals surface area contributed by atoms with E-state index in [9.17, 15) is 20.2 Å². The molecule has 0 saturated heterocycles. The Bertz CT molecular complexity index is 860. The van der Waals surface area contributed by atoms with Crippen LogP contribution in [0.3, 0.4) is 0 Å². The molecule has 2 aromatic carbocycles. The zero-order valence-corrected chi connectivity index (χ0v) is 16.4. The summed E-state index contributed by atoms with van der Waals surface area (Å²) in [6, 6.07) is 9.22. The zero-order valence-electron chi connectivity index (χ0n) is 16.4. The summed E-state index contributed by atoms with van der Waals surface area (Å²) in [4.78, 5) is 21.1. The Kier molecular flexibility index (Phi) is 5.26. The minimum atomic E-state index is -0.668. The number of benzene rings is 2. The molecule has 0 fully saturated rings.